The summed E-state index contributed by atoms with van der Waals surface area (Å²) in [6.07, 6.45) is 3.62. The molecule has 0 heterocycles. The number of carbonyl (C=O) groups is 1. The van der Waals surface area contributed by atoms with E-state index < -0.39 is 5.41 Å². The van der Waals surface area contributed by atoms with Gasteiger partial charge in [-0.3, -0.25) is 4.79 Å². The first kappa shape index (κ1) is 11.6. The number of hydrogen-bond acceptors (Lipinski definition) is 2. The molecule has 72 valence electrons. The highest BCUT2D eigenvalue weighted by molar-refractivity contribution is 5.85. The standard InChI is InChI=1S/C8H14O2.C2H6/c1-8(6-9)5-3-2-4-7(8)10;1-2/h9H,2-6H2,1H3;1-2H3. The number of aliphatic hydroxyl groups excluding tert-OH is 1. The molecule has 0 aliphatic heterocycles. The smallest absolute Gasteiger partial charge is 0.141 e. The largest absolute Gasteiger partial charge is 0.395 e. The second-order valence-electron chi connectivity index (χ2n) is 3.35. The zero-order valence-corrected chi connectivity index (χ0v) is 8.39. The van der Waals surface area contributed by atoms with Gasteiger partial charge in [0.1, 0.15) is 5.78 Å². The van der Waals surface area contributed by atoms with Crippen molar-refractivity contribution >= 4 is 5.78 Å². The number of hydrogen-bond donors (Lipinski definition) is 1. The maximum Gasteiger partial charge on any atom is 0.141 e. The molecule has 1 fully saturated rings. The van der Waals surface area contributed by atoms with Crippen LogP contribution in [0.25, 0.3) is 0 Å². The summed E-state index contributed by atoms with van der Waals surface area (Å²) in [5, 5.41) is 8.90. The highest BCUT2D eigenvalue weighted by Gasteiger charge is 2.33. The van der Waals surface area contributed by atoms with E-state index in [0.29, 0.717) is 6.42 Å². The van der Waals surface area contributed by atoms with Crippen molar-refractivity contribution < 1.29 is 9.90 Å². The van der Waals surface area contributed by atoms with Crippen LogP contribution in [0.5, 0.6) is 0 Å². The Bertz CT molecular complexity index is 143. The van der Waals surface area contributed by atoms with Gasteiger partial charge in [-0.05, 0) is 12.8 Å². The molecule has 0 aromatic heterocycles. The lowest BCUT2D eigenvalue weighted by Crippen LogP contribution is -2.34. The quantitative estimate of drug-likeness (QED) is 0.658. The molecule has 0 saturated heterocycles. The Balaban J connectivity index is 0.000000561. The Hall–Kier alpha value is -0.370. The van der Waals surface area contributed by atoms with Crippen LogP contribution in [0, 0.1) is 5.41 Å². The van der Waals surface area contributed by atoms with Crippen molar-refractivity contribution in [3.63, 3.8) is 0 Å². The second-order valence-corrected chi connectivity index (χ2v) is 3.35. The van der Waals surface area contributed by atoms with Crippen LogP contribution >= 0.6 is 0 Å². The van der Waals surface area contributed by atoms with Crippen molar-refractivity contribution in [3.8, 4) is 0 Å². The third kappa shape index (κ3) is 2.59. The molecule has 0 aromatic carbocycles. The fraction of sp³-hybridized carbons (Fsp3) is 0.900. The van der Waals surface area contributed by atoms with Gasteiger partial charge in [-0.25, -0.2) is 0 Å². The summed E-state index contributed by atoms with van der Waals surface area (Å²) in [5.41, 5.74) is -0.405. The lowest BCUT2D eigenvalue weighted by molar-refractivity contribution is -0.132. The predicted molar refractivity (Wildman–Crippen MR) is 50.0 cm³/mol. The average molecular weight is 172 g/mol. The third-order valence-corrected chi connectivity index (χ3v) is 2.40. The summed E-state index contributed by atoms with van der Waals surface area (Å²) >= 11 is 0. The number of ketones is 1. The van der Waals surface area contributed by atoms with E-state index >= 15 is 0 Å². The molecule has 1 rings (SSSR count). The van der Waals surface area contributed by atoms with E-state index in [-0.39, 0.29) is 12.4 Å². The van der Waals surface area contributed by atoms with Gasteiger partial charge in [0.25, 0.3) is 0 Å². The van der Waals surface area contributed by atoms with Crippen molar-refractivity contribution in [2.24, 2.45) is 5.41 Å². The highest BCUT2D eigenvalue weighted by atomic mass is 16.3. The lowest BCUT2D eigenvalue weighted by atomic mass is 9.75. The molecule has 0 aromatic rings. The molecule has 0 bridgehead atoms. The minimum absolute atomic E-state index is 0.0197. The van der Waals surface area contributed by atoms with Crippen LogP contribution in [-0.4, -0.2) is 17.5 Å². The topological polar surface area (TPSA) is 37.3 Å². The minimum atomic E-state index is -0.405. The van der Waals surface area contributed by atoms with E-state index in [1.807, 2.05) is 20.8 Å². The molecule has 1 N–H and O–H groups in total. The molecule has 0 spiro atoms. The molecule has 1 atom stereocenters. The SMILES string of the molecule is CC.CC1(CO)CCCCC1=O. The molecule has 0 radical (unpaired) electrons. The number of rotatable bonds is 1. The van der Waals surface area contributed by atoms with Crippen LogP contribution in [0.1, 0.15) is 46.5 Å². The Morgan fingerprint density at radius 2 is 2.00 bits per heavy atom. The average Bonchev–Trinajstić information content (AvgIpc) is 2.14. The molecular formula is C10H20O2. The van der Waals surface area contributed by atoms with Crippen molar-refractivity contribution in [2.75, 3.05) is 6.61 Å². The first-order valence-electron chi connectivity index (χ1n) is 4.83. The normalized spacial score (nSPS) is 29.2. The summed E-state index contributed by atoms with van der Waals surface area (Å²) in [4.78, 5) is 11.2. The van der Waals surface area contributed by atoms with Gasteiger partial charge in [0.05, 0.1) is 6.61 Å². The molecule has 2 nitrogen and oxygen atoms in total. The molecule has 0 amide bonds. The van der Waals surface area contributed by atoms with Gasteiger partial charge < -0.3 is 5.11 Å². The number of aliphatic hydroxyl groups is 1. The van der Waals surface area contributed by atoms with E-state index in [9.17, 15) is 4.79 Å². The van der Waals surface area contributed by atoms with Crippen LogP contribution < -0.4 is 0 Å². The summed E-state index contributed by atoms with van der Waals surface area (Å²) in [6, 6.07) is 0. The summed E-state index contributed by atoms with van der Waals surface area (Å²) in [6.45, 7) is 5.88. The van der Waals surface area contributed by atoms with E-state index in [1.54, 1.807) is 0 Å². The van der Waals surface area contributed by atoms with Crippen LogP contribution in [0.15, 0.2) is 0 Å². The van der Waals surface area contributed by atoms with Crippen LogP contribution in [0.3, 0.4) is 0 Å². The van der Waals surface area contributed by atoms with Crippen molar-refractivity contribution in [1.82, 2.24) is 0 Å². The number of carbonyl (C=O) groups excluding carboxylic acids is 1. The monoisotopic (exact) mass is 172 g/mol. The minimum Gasteiger partial charge on any atom is -0.395 e. The molecule has 2 heteroatoms. The van der Waals surface area contributed by atoms with E-state index in [4.69, 9.17) is 5.11 Å². The summed E-state index contributed by atoms with van der Waals surface area (Å²) < 4.78 is 0. The van der Waals surface area contributed by atoms with Gasteiger partial charge in [0, 0.05) is 11.8 Å². The van der Waals surface area contributed by atoms with Crippen molar-refractivity contribution in [2.45, 2.75) is 46.5 Å². The van der Waals surface area contributed by atoms with E-state index in [1.165, 1.54) is 0 Å². The molecule has 1 aliphatic rings. The van der Waals surface area contributed by atoms with Gasteiger partial charge >= 0.3 is 0 Å². The maximum atomic E-state index is 11.2. The summed E-state index contributed by atoms with van der Waals surface area (Å²) in [7, 11) is 0. The van der Waals surface area contributed by atoms with E-state index in [0.717, 1.165) is 19.3 Å². The first-order chi connectivity index (χ1) is 5.69. The second kappa shape index (κ2) is 5.31. The zero-order valence-electron chi connectivity index (χ0n) is 8.39. The fourth-order valence-electron chi connectivity index (χ4n) is 1.41. The molecule has 12 heavy (non-hydrogen) atoms. The Morgan fingerprint density at radius 1 is 1.42 bits per heavy atom. The number of Topliss-reactive ketones (excluding diaryl/α,β-unsaturated/α-hetero) is 1. The zero-order chi connectivity index (χ0) is 9.61. The van der Waals surface area contributed by atoms with Crippen LogP contribution in [0.4, 0.5) is 0 Å². The van der Waals surface area contributed by atoms with Gasteiger partial charge in [-0.15, -0.1) is 0 Å². The molecule has 1 saturated carbocycles. The maximum absolute atomic E-state index is 11.2. The molecule has 1 unspecified atom stereocenters. The predicted octanol–water partition coefficient (Wildman–Crippen LogP) is 2.15. The molecule has 1 aliphatic carbocycles. The fourth-order valence-corrected chi connectivity index (χ4v) is 1.41. The van der Waals surface area contributed by atoms with Crippen molar-refractivity contribution in [1.29, 1.82) is 0 Å². The Kier molecular flexibility index (Phi) is 5.14. The van der Waals surface area contributed by atoms with E-state index in [2.05, 4.69) is 0 Å². The Labute approximate surface area is 75.0 Å². The van der Waals surface area contributed by atoms with Crippen molar-refractivity contribution in [3.05, 3.63) is 0 Å². The highest BCUT2D eigenvalue weighted by Crippen LogP contribution is 2.31. The van der Waals surface area contributed by atoms with Gasteiger partial charge in [-0.2, -0.15) is 0 Å². The Morgan fingerprint density at radius 3 is 2.33 bits per heavy atom. The lowest BCUT2D eigenvalue weighted by Gasteiger charge is -2.29. The van der Waals surface area contributed by atoms with Gasteiger partial charge in [-0.1, -0.05) is 27.2 Å². The van der Waals surface area contributed by atoms with Crippen LogP contribution in [-0.2, 0) is 4.79 Å². The third-order valence-electron chi connectivity index (χ3n) is 2.40. The van der Waals surface area contributed by atoms with Gasteiger partial charge in [0.2, 0.25) is 0 Å². The first-order valence-corrected chi connectivity index (χ1v) is 4.83. The van der Waals surface area contributed by atoms with Crippen LogP contribution in [0.2, 0.25) is 0 Å². The van der Waals surface area contributed by atoms with Gasteiger partial charge in [0.15, 0.2) is 0 Å². The molecular weight excluding hydrogens is 152 g/mol. The summed E-state index contributed by atoms with van der Waals surface area (Å²) in [5.74, 6) is 0.237.